The van der Waals surface area contributed by atoms with Crippen molar-refractivity contribution < 1.29 is 0 Å². The molecule has 0 saturated heterocycles. The maximum absolute atomic E-state index is 6.05. The number of hydrogen-bond donors (Lipinski definition) is 0. The SMILES string of the molecule is C=CCSc1nnc(-c2ccc(C(C)(C)C)cc2)n1-c1ccc(Cl)cc1. The first kappa shape index (κ1) is 18.7. The second-order valence-corrected chi connectivity index (χ2v) is 8.47. The van der Waals surface area contributed by atoms with Crippen LogP contribution in [0, 0.1) is 0 Å². The summed E-state index contributed by atoms with van der Waals surface area (Å²) in [7, 11) is 0. The summed E-state index contributed by atoms with van der Waals surface area (Å²) in [4.78, 5) is 0. The molecular weight excluding hydrogens is 362 g/mol. The molecule has 0 aliphatic carbocycles. The second kappa shape index (κ2) is 7.68. The van der Waals surface area contributed by atoms with E-state index in [4.69, 9.17) is 11.6 Å². The summed E-state index contributed by atoms with van der Waals surface area (Å²) in [6.07, 6.45) is 1.86. The van der Waals surface area contributed by atoms with Crippen LogP contribution in [0.1, 0.15) is 26.3 Å². The Kier molecular flexibility index (Phi) is 5.54. The van der Waals surface area contributed by atoms with E-state index in [2.05, 4.69) is 66.4 Å². The maximum Gasteiger partial charge on any atom is 0.196 e. The van der Waals surface area contributed by atoms with Crippen LogP contribution in [0.15, 0.2) is 66.3 Å². The molecule has 1 aromatic heterocycles. The molecule has 0 radical (unpaired) electrons. The number of thioether (sulfide) groups is 1. The Morgan fingerprint density at radius 3 is 2.27 bits per heavy atom. The van der Waals surface area contributed by atoms with Crippen molar-refractivity contribution in [1.29, 1.82) is 0 Å². The molecule has 3 nitrogen and oxygen atoms in total. The van der Waals surface area contributed by atoms with E-state index in [0.29, 0.717) is 5.02 Å². The van der Waals surface area contributed by atoms with Gasteiger partial charge >= 0.3 is 0 Å². The first-order valence-electron chi connectivity index (χ1n) is 8.46. The number of rotatable bonds is 5. The highest BCUT2D eigenvalue weighted by Crippen LogP contribution is 2.30. The molecule has 0 amide bonds. The van der Waals surface area contributed by atoms with Crippen molar-refractivity contribution in [2.45, 2.75) is 31.3 Å². The van der Waals surface area contributed by atoms with Gasteiger partial charge in [-0.3, -0.25) is 4.57 Å². The molecular formula is C21H22ClN3S. The quantitative estimate of drug-likeness (QED) is 0.390. The fourth-order valence-electron chi connectivity index (χ4n) is 2.63. The average Bonchev–Trinajstić information content (AvgIpc) is 3.04. The van der Waals surface area contributed by atoms with Gasteiger partial charge in [-0.2, -0.15) is 0 Å². The Hall–Kier alpha value is -2.04. The first-order chi connectivity index (χ1) is 12.4. The normalized spacial score (nSPS) is 11.5. The van der Waals surface area contributed by atoms with Gasteiger partial charge in [-0.25, -0.2) is 0 Å². The van der Waals surface area contributed by atoms with Gasteiger partial charge in [-0.15, -0.1) is 16.8 Å². The van der Waals surface area contributed by atoms with Gasteiger partial charge in [0.25, 0.3) is 0 Å². The van der Waals surface area contributed by atoms with Gasteiger partial charge in [-0.1, -0.05) is 74.5 Å². The highest BCUT2D eigenvalue weighted by molar-refractivity contribution is 7.99. The van der Waals surface area contributed by atoms with Gasteiger partial charge in [0.15, 0.2) is 11.0 Å². The van der Waals surface area contributed by atoms with E-state index in [9.17, 15) is 0 Å². The molecule has 3 aromatic rings. The Balaban J connectivity index is 2.08. The van der Waals surface area contributed by atoms with Crippen LogP contribution >= 0.6 is 23.4 Å². The van der Waals surface area contributed by atoms with Crippen molar-refractivity contribution in [3.8, 4) is 17.1 Å². The largest absolute Gasteiger partial charge is 0.270 e. The van der Waals surface area contributed by atoms with Crippen LogP contribution in [0.25, 0.3) is 17.1 Å². The summed E-state index contributed by atoms with van der Waals surface area (Å²) in [6, 6.07) is 16.3. The number of aromatic nitrogens is 3. The molecule has 1 heterocycles. The monoisotopic (exact) mass is 383 g/mol. The van der Waals surface area contributed by atoms with Crippen molar-refractivity contribution in [3.63, 3.8) is 0 Å². The molecule has 0 spiro atoms. The van der Waals surface area contributed by atoms with Gasteiger partial charge in [0.2, 0.25) is 0 Å². The van der Waals surface area contributed by atoms with Crippen molar-refractivity contribution >= 4 is 23.4 Å². The van der Waals surface area contributed by atoms with E-state index >= 15 is 0 Å². The second-order valence-electron chi connectivity index (χ2n) is 7.05. The van der Waals surface area contributed by atoms with Crippen molar-refractivity contribution in [2.75, 3.05) is 5.75 Å². The number of hydrogen-bond acceptors (Lipinski definition) is 3. The summed E-state index contributed by atoms with van der Waals surface area (Å²) < 4.78 is 2.07. The molecule has 0 bridgehead atoms. The van der Waals surface area contributed by atoms with Crippen LogP contribution in [-0.2, 0) is 5.41 Å². The van der Waals surface area contributed by atoms with Crippen LogP contribution < -0.4 is 0 Å². The van der Waals surface area contributed by atoms with Crippen LogP contribution in [0.4, 0.5) is 0 Å². The Bertz CT molecular complexity index is 891. The minimum atomic E-state index is 0.118. The third kappa shape index (κ3) is 4.02. The first-order valence-corrected chi connectivity index (χ1v) is 9.82. The molecule has 2 aromatic carbocycles. The minimum absolute atomic E-state index is 0.118. The van der Waals surface area contributed by atoms with E-state index in [1.165, 1.54) is 5.56 Å². The fourth-order valence-corrected chi connectivity index (χ4v) is 3.44. The smallest absolute Gasteiger partial charge is 0.196 e. The van der Waals surface area contributed by atoms with Crippen LogP contribution in [-0.4, -0.2) is 20.5 Å². The lowest BCUT2D eigenvalue weighted by molar-refractivity contribution is 0.590. The van der Waals surface area contributed by atoms with Crippen molar-refractivity contribution in [2.24, 2.45) is 0 Å². The molecule has 0 fully saturated rings. The molecule has 134 valence electrons. The Morgan fingerprint density at radius 2 is 1.69 bits per heavy atom. The lowest BCUT2D eigenvalue weighted by atomic mass is 9.87. The van der Waals surface area contributed by atoms with E-state index in [1.807, 2.05) is 30.3 Å². The standard InChI is InChI=1S/C21H22ClN3S/c1-5-14-26-20-24-23-19(25(20)18-12-10-17(22)11-13-18)15-6-8-16(9-7-15)21(2,3)4/h5-13H,1,14H2,2-4H3. The zero-order valence-electron chi connectivity index (χ0n) is 15.2. The van der Waals surface area contributed by atoms with Gasteiger partial charge < -0.3 is 0 Å². The molecule has 0 unspecified atom stereocenters. The molecule has 0 N–H and O–H groups in total. The predicted octanol–water partition coefficient (Wildman–Crippen LogP) is 6.16. The molecule has 0 aliphatic rings. The minimum Gasteiger partial charge on any atom is -0.270 e. The molecule has 3 rings (SSSR count). The predicted molar refractivity (Wildman–Crippen MR) is 111 cm³/mol. The van der Waals surface area contributed by atoms with E-state index in [-0.39, 0.29) is 5.41 Å². The molecule has 0 saturated carbocycles. The molecule has 0 atom stereocenters. The Morgan fingerprint density at radius 1 is 1.04 bits per heavy atom. The van der Waals surface area contributed by atoms with Crippen molar-refractivity contribution in [3.05, 3.63) is 71.8 Å². The highest BCUT2D eigenvalue weighted by atomic mass is 35.5. The average molecular weight is 384 g/mol. The van der Waals surface area contributed by atoms with E-state index in [0.717, 1.165) is 28.0 Å². The van der Waals surface area contributed by atoms with Gasteiger partial charge in [-0.05, 0) is 35.2 Å². The topological polar surface area (TPSA) is 30.7 Å². The maximum atomic E-state index is 6.05. The van der Waals surface area contributed by atoms with Crippen LogP contribution in [0.5, 0.6) is 0 Å². The van der Waals surface area contributed by atoms with E-state index in [1.54, 1.807) is 11.8 Å². The third-order valence-electron chi connectivity index (χ3n) is 4.06. The lowest BCUT2D eigenvalue weighted by Crippen LogP contribution is -2.10. The van der Waals surface area contributed by atoms with Gasteiger partial charge in [0, 0.05) is 22.0 Å². The zero-order valence-corrected chi connectivity index (χ0v) is 16.8. The van der Waals surface area contributed by atoms with Crippen LogP contribution in [0.2, 0.25) is 5.02 Å². The zero-order chi connectivity index (χ0) is 18.7. The fraction of sp³-hybridized carbons (Fsp3) is 0.238. The number of benzene rings is 2. The van der Waals surface area contributed by atoms with Crippen LogP contribution in [0.3, 0.4) is 0 Å². The highest BCUT2D eigenvalue weighted by Gasteiger charge is 2.18. The number of nitrogens with zero attached hydrogens (tertiary/aromatic N) is 3. The Labute approximate surface area is 164 Å². The van der Waals surface area contributed by atoms with E-state index < -0.39 is 0 Å². The summed E-state index contributed by atoms with van der Waals surface area (Å²) in [5.41, 5.74) is 3.43. The molecule has 5 heteroatoms. The third-order valence-corrected chi connectivity index (χ3v) is 5.23. The van der Waals surface area contributed by atoms with Gasteiger partial charge in [0.1, 0.15) is 0 Å². The summed E-state index contributed by atoms with van der Waals surface area (Å²) >= 11 is 7.66. The lowest BCUT2D eigenvalue weighted by Gasteiger charge is -2.19. The molecule has 0 aliphatic heterocycles. The van der Waals surface area contributed by atoms with Crippen molar-refractivity contribution in [1.82, 2.24) is 14.8 Å². The summed E-state index contributed by atoms with van der Waals surface area (Å²) in [6.45, 7) is 10.4. The summed E-state index contributed by atoms with van der Waals surface area (Å²) in [5, 5.41) is 10.4. The van der Waals surface area contributed by atoms with Gasteiger partial charge in [0.05, 0.1) is 0 Å². The number of halogens is 1. The molecule has 26 heavy (non-hydrogen) atoms. The summed E-state index contributed by atoms with van der Waals surface area (Å²) in [5.74, 6) is 1.59.